The Morgan fingerprint density at radius 3 is 2.77 bits per heavy atom. The first kappa shape index (κ1) is 19.0. The van der Waals surface area contributed by atoms with Gasteiger partial charge in [0.05, 0.1) is 24.4 Å². The molecule has 3 saturated heterocycles. The zero-order valence-electron chi connectivity index (χ0n) is 17.0. The van der Waals surface area contributed by atoms with Crippen LogP contribution < -0.4 is 20.3 Å². The van der Waals surface area contributed by atoms with Gasteiger partial charge in [-0.3, -0.25) is 0 Å². The van der Waals surface area contributed by atoms with Crippen LogP contribution in [0.5, 0.6) is 5.75 Å². The van der Waals surface area contributed by atoms with Crippen molar-refractivity contribution in [2.24, 2.45) is 5.41 Å². The van der Waals surface area contributed by atoms with E-state index in [-0.39, 0.29) is 17.7 Å². The summed E-state index contributed by atoms with van der Waals surface area (Å²) in [6.07, 6.45) is 6.46. The van der Waals surface area contributed by atoms with Gasteiger partial charge in [0.25, 0.3) is 0 Å². The average Bonchev–Trinajstić information content (AvgIpc) is 3.10. The van der Waals surface area contributed by atoms with Crippen molar-refractivity contribution in [2.75, 3.05) is 41.8 Å². The van der Waals surface area contributed by atoms with Crippen LogP contribution >= 0.6 is 0 Å². The number of pyridine rings is 1. The van der Waals surface area contributed by atoms with Gasteiger partial charge in [-0.25, -0.2) is 9.97 Å². The van der Waals surface area contributed by atoms with Crippen LogP contribution in [0, 0.1) is 5.41 Å². The molecule has 2 aromatic heterocycles. The number of ether oxygens (including phenoxy) is 2. The Hall–Kier alpha value is -2.75. The topological polar surface area (TPSA) is 89.6 Å². The van der Waals surface area contributed by atoms with E-state index in [1.54, 1.807) is 0 Å². The standard InChI is InChI=1S/C21H24F2N6O2/c22-19(23)31-16-5-12(8-25-18(16)24)15-7-17(29-9-14-6-13(29)10-30-14)27-20(26-15)28-4-3-21(11-28)1-2-21/h5,7-8,13-14,19H,1-4,6,9-11H2,(H2,24,25)/t13-,14-/m0/s1. The maximum atomic E-state index is 12.8. The molecule has 8 nitrogen and oxygen atoms in total. The highest BCUT2D eigenvalue weighted by molar-refractivity contribution is 5.68. The van der Waals surface area contributed by atoms with Gasteiger partial charge in [0, 0.05) is 37.5 Å². The second-order valence-electron chi connectivity index (χ2n) is 9.07. The molecule has 1 spiro atoms. The summed E-state index contributed by atoms with van der Waals surface area (Å²) in [5.74, 6) is 1.28. The van der Waals surface area contributed by atoms with Crippen LogP contribution in [0.25, 0.3) is 11.3 Å². The minimum absolute atomic E-state index is 0.0808. The molecule has 1 aliphatic carbocycles. The smallest absolute Gasteiger partial charge is 0.387 e. The molecule has 0 aromatic carbocycles. The molecule has 0 amide bonds. The first-order valence-corrected chi connectivity index (χ1v) is 10.7. The van der Waals surface area contributed by atoms with Crippen LogP contribution in [-0.2, 0) is 4.74 Å². The van der Waals surface area contributed by atoms with Gasteiger partial charge in [-0.05, 0) is 37.2 Å². The summed E-state index contributed by atoms with van der Waals surface area (Å²) in [7, 11) is 0. The molecule has 0 unspecified atom stereocenters. The number of nitrogens with two attached hydrogens (primary N) is 1. The fraction of sp³-hybridized carbons (Fsp3) is 0.571. The molecule has 2 atom stereocenters. The maximum absolute atomic E-state index is 12.8. The number of alkyl halides is 2. The average molecular weight is 430 g/mol. The van der Waals surface area contributed by atoms with E-state index in [0.717, 1.165) is 38.3 Å². The Morgan fingerprint density at radius 2 is 2.10 bits per heavy atom. The number of fused-ring (bicyclic) bond motifs is 2. The summed E-state index contributed by atoms with van der Waals surface area (Å²) < 4.78 is 35.8. The van der Waals surface area contributed by atoms with Gasteiger partial charge in [0.2, 0.25) is 5.95 Å². The van der Waals surface area contributed by atoms with E-state index in [1.807, 2.05) is 6.07 Å². The van der Waals surface area contributed by atoms with Crippen LogP contribution in [0.15, 0.2) is 18.3 Å². The van der Waals surface area contributed by atoms with Gasteiger partial charge in [0.15, 0.2) is 11.6 Å². The van der Waals surface area contributed by atoms with Crippen molar-refractivity contribution in [2.45, 2.75) is 44.4 Å². The predicted octanol–water partition coefficient (Wildman–Crippen LogP) is 2.69. The number of nitrogen functional groups attached to an aromatic ring is 1. The molecule has 2 aromatic rings. The summed E-state index contributed by atoms with van der Waals surface area (Å²) >= 11 is 0. The maximum Gasteiger partial charge on any atom is 0.387 e. The summed E-state index contributed by atoms with van der Waals surface area (Å²) in [6, 6.07) is 3.67. The zero-order chi connectivity index (χ0) is 21.2. The molecule has 0 radical (unpaired) electrons. The number of anilines is 3. The van der Waals surface area contributed by atoms with Crippen molar-refractivity contribution in [3.8, 4) is 17.0 Å². The lowest BCUT2D eigenvalue weighted by Crippen LogP contribution is -2.38. The Kier molecular flexibility index (Phi) is 4.21. The molecule has 2 N–H and O–H groups in total. The molecule has 4 aliphatic rings. The molecule has 6 rings (SSSR count). The van der Waals surface area contributed by atoms with Gasteiger partial charge in [0.1, 0.15) is 5.82 Å². The van der Waals surface area contributed by atoms with Crippen LogP contribution in [0.3, 0.4) is 0 Å². The van der Waals surface area contributed by atoms with E-state index in [1.165, 1.54) is 25.1 Å². The van der Waals surface area contributed by atoms with Crippen LogP contribution in [0.1, 0.15) is 25.7 Å². The van der Waals surface area contributed by atoms with Crippen molar-refractivity contribution in [1.82, 2.24) is 15.0 Å². The Balaban J connectivity index is 1.39. The van der Waals surface area contributed by atoms with Crippen molar-refractivity contribution >= 4 is 17.6 Å². The highest BCUT2D eigenvalue weighted by atomic mass is 19.3. The van der Waals surface area contributed by atoms with Crippen molar-refractivity contribution in [1.29, 1.82) is 0 Å². The Morgan fingerprint density at radius 1 is 1.23 bits per heavy atom. The second kappa shape index (κ2) is 6.88. The monoisotopic (exact) mass is 430 g/mol. The molecule has 31 heavy (non-hydrogen) atoms. The number of nitrogens with zero attached hydrogens (tertiary/aromatic N) is 5. The molecule has 3 aliphatic heterocycles. The fourth-order valence-electron chi connectivity index (χ4n) is 5.01. The molecule has 5 heterocycles. The Bertz CT molecular complexity index is 1020. The molecular formula is C21H24F2N6O2. The summed E-state index contributed by atoms with van der Waals surface area (Å²) in [5, 5.41) is 0. The van der Waals surface area contributed by atoms with Crippen LogP contribution in [0.4, 0.5) is 26.4 Å². The normalized spacial score (nSPS) is 25.8. The molecular weight excluding hydrogens is 406 g/mol. The summed E-state index contributed by atoms with van der Waals surface area (Å²) in [5.41, 5.74) is 7.33. The van der Waals surface area contributed by atoms with Gasteiger partial charge < -0.3 is 25.0 Å². The van der Waals surface area contributed by atoms with Gasteiger partial charge in [-0.1, -0.05) is 0 Å². The molecule has 4 fully saturated rings. The highest BCUT2D eigenvalue weighted by Crippen LogP contribution is 2.53. The number of hydrogen-bond donors (Lipinski definition) is 1. The lowest BCUT2D eigenvalue weighted by Gasteiger charge is -2.29. The van der Waals surface area contributed by atoms with Crippen molar-refractivity contribution < 1.29 is 18.3 Å². The second-order valence-corrected chi connectivity index (χ2v) is 9.07. The van der Waals surface area contributed by atoms with Crippen molar-refractivity contribution in [3.63, 3.8) is 0 Å². The molecule has 10 heteroatoms. The molecule has 1 saturated carbocycles. The Labute approximate surface area is 178 Å². The van der Waals surface area contributed by atoms with E-state index < -0.39 is 6.61 Å². The number of hydrogen-bond acceptors (Lipinski definition) is 8. The van der Waals surface area contributed by atoms with E-state index in [4.69, 9.17) is 20.4 Å². The lowest BCUT2D eigenvalue weighted by atomic mass is 10.1. The van der Waals surface area contributed by atoms with Gasteiger partial charge in [-0.15, -0.1) is 0 Å². The predicted molar refractivity (Wildman–Crippen MR) is 110 cm³/mol. The minimum Gasteiger partial charge on any atom is -0.431 e. The zero-order valence-corrected chi connectivity index (χ0v) is 17.0. The third kappa shape index (κ3) is 3.42. The first-order chi connectivity index (χ1) is 15.0. The van der Waals surface area contributed by atoms with Crippen molar-refractivity contribution in [3.05, 3.63) is 18.3 Å². The largest absolute Gasteiger partial charge is 0.431 e. The number of halogens is 2. The van der Waals surface area contributed by atoms with Gasteiger partial charge in [-0.2, -0.15) is 13.8 Å². The first-order valence-electron chi connectivity index (χ1n) is 10.7. The van der Waals surface area contributed by atoms with E-state index in [9.17, 15) is 8.78 Å². The lowest BCUT2D eigenvalue weighted by molar-refractivity contribution is -0.0494. The SMILES string of the molecule is Nc1ncc(-c2cc(N3C[C@@H]4C[C@H]3CO4)nc(N3CCC4(CC4)C3)n2)cc1OC(F)F. The van der Waals surface area contributed by atoms with E-state index in [0.29, 0.717) is 35.3 Å². The van der Waals surface area contributed by atoms with Crippen LogP contribution in [0.2, 0.25) is 0 Å². The fourth-order valence-corrected chi connectivity index (χ4v) is 5.01. The number of rotatable bonds is 5. The van der Waals surface area contributed by atoms with E-state index >= 15 is 0 Å². The number of morpholine rings is 1. The van der Waals surface area contributed by atoms with E-state index in [2.05, 4.69) is 19.5 Å². The highest BCUT2D eigenvalue weighted by Gasteiger charge is 2.48. The summed E-state index contributed by atoms with van der Waals surface area (Å²) in [6.45, 7) is 0.407. The quantitative estimate of drug-likeness (QED) is 0.775. The minimum atomic E-state index is -2.98. The van der Waals surface area contributed by atoms with Crippen LogP contribution in [-0.4, -0.2) is 60.0 Å². The molecule has 2 bridgehead atoms. The third-order valence-corrected chi connectivity index (χ3v) is 6.97. The molecule has 164 valence electrons. The number of aromatic nitrogens is 3. The summed E-state index contributed by atoms with van der Waals surface area (Å²) in [4.78, 5) is 18.3. The third-order valence-electron chi connectivity index (χ3n) is 6.97. The van der Waals surface area contributed by atoms with Gasteiger partial charge >= 0.3 is 6.61 Å².